The van der Waals surface area contributed by atoms with E-state index in [1.54, 1.807) is 0 Å². The Kier molecular flexibility index (Phi) is 1.15. The zero-order valence-corrected chi connectivity index (χ0v) is 6.25. The van der Waals surface area contributed by atoms with E-state index in [0.29, 0.717) is 5.92 Å². The van der Waals surface area contributed by atoms with Crippen LogP contribution in [0.15, 0.2) is 0 Å². The van der Waals surface area contributed by atoms with Crippen molar-refractivity contribution in [3.8, 4) is 0 Å². The highest BCUT2D eigenvalue weighted by Gasteiger charge is 2.54. The molecular formula is C8H14O2. The lowest BCUT2D eigenvalue weighted by Gasteiger charge is -2.31. The van der Waals surface area contributed by atoms with E-state index in [0.717, 1.165) is 19.3 Å². The van der Waals surface area contributed by atoms with E-state index in [9.17, 15) is 10.2 Å². The van der Waals surface area contributed by atoms with Crippen LogP contribution in [-0.4, -0.2) is 22.4 Å². The molecule has 0 aromatic carbocycles. The second kappa shape index (κ2) is 1.74. The van der Waals surface area contributed by atoms with Crippen LogP contribution in [0.3, 0.4) is 0 Å². The monoisotopic (exact) mass is 142 g/mol. The first-order valence-corrected chi connectivity index (χ1v) is 3.99. The number of aliphatic hydroxyl groups is 2. The maximum atomic E-state index is 9.49. The molecule has 0 spiro atoms. The Morgan fingerprint density at radius 2 is 1.70 bits per heavy atom. The number of fused-ring (bicyclic) bond motifs is 2. The van der Waals surface area contributed by atoms with Gasteiger partial charge in [-0.05, 0) is 25.2 Å². The summed E-state index contributed by atoms with van der Waals surface area (Å²) in [5.41, 5.74) is -0.162. The lowest BCUT2D eigenvalue weighted by atomic mass is 9.81. The van der Waals surface area contributed by atoms with Gasteiger partial charge < -0.3 is 10.2 Å². The van der Waals surface area contributed by atoms with E-state index in [4.69, 9.17) is 0 Å². The Balaban J connectivity index is 2.26. The fourth-order valence-electron chi connectivity index (χ4n) is 2.55. The van der Waals surface area contributed by atoms with E-state index in [1.165, 1.54) is 0 Å². The highest BCUT2D eigenvalue weighted by molar-refractivity contribution is 5.04. The predicted molar refractivity (Wildman–Crippen MR) is 37.5 cm³/mol. The van der Waals surface area contributed by atoms with Crippen molar-refractivity contribution in [2.75, 3.05) is 0 Å². The van der Waals surface area contributed by atoms with Crippen LogP contribution in [0, 0.1) is 11.3 Å². The van der Waals surface area contributed by atoms with Gasteiger partial charge in [-0.2, -0.15) is 0 Å². The van der Waals surface area contributed by atoms with Gasteiger partial charge in [0.1, 0.15) is 0 Å². The number of rotatable bonds is 0. The Morgan fingerprint density at radius 3 is 1.90 bits per heavy atom. The third kappa shape index (κ3) is 0.611. The van der Waals surface area contributed by atoms with E-state index < -0.39 is 0 Å². The van der Waals surface area contributed by atoms with Gasteiger partial charge in [0, 0.05) is 5.41 Å². The van der Waals surface area contributed by atoms with Crippen molar-refractivity contribution < 1.29 is 10.2 Å². The van der Waals surface area contributed by atoms with Gasteiger partial charge >= 0.3 is 0 Å². The summed E-state index contributed by atoms with van der Waals surface area (Å²) in [6.45, 7) is 2.00. The molecule has 0 aromatic heterocycles. The molecule has 2 bridgehead atoms. The fourth-order valence-corrected chi connectivity index (χ4v) is 2.55. The Bertz CT molecular complexity index is 143. The van der Waals surface area contributed by atoms with Crippen molar-refractivity contribution in [2.45, 2.75) is 38.4 Å². The normalized spacial score (nSPS) is 59.7. The molecule has 2 aliphatic rings. The Labute approximate surface area is 60.9 Å². The van der Waals surface area contributed by atoms with Gasteiger partial charge in [-0.1, -0.05) is 6.92 Å². The van der Waals surface area contributed by atoms with Crippen molar-refractivity contribution >= 4 is 0 Å². The number of aliphatic hydroxyl groups excluding tert-OH is 2. The third-order valence-electron chi connectivity index (χ3n) is 3.36. The molecule has 2 fully saturated rings. The van der Waals surface area contributed by atoms with E-state index in [1.807, 2.05) is 6.92 Å². The van der Waals surface area contributed by atoms with Gasteiger partial charge in [0.15, 0.2) is 0 Å². The summed E-state index contributed by atoms with van der Waals surface area (Å²) in [6, 6.07) is 0. The van der Waals surface area contributed by atoms with Crippen molar-refractivity contribution in [3.05, 3.63) is 0 Å². The van der Waals surface area contributed by atoms with Gasteiger partial charge in [0.05, 0.1) is 12.2 Å². The molecule has 58 valence electrons. The molecule has 0 aromatic rings. The predicted octanol–water partition coefficient (Wildman–Crippen LogP) is 0.528. The smallest absolute Gasteiger partial charge is 0.0621 e. The topological polar surface area (TPSA) is 40.5 Å². The zero-order chi connectivity index (χ0) is 7.35. The van der Waals surface area contributed by atoms with Crippen molar-refractivity contribution in [3.63, 3.8) is 0 Å². The van der Waals surface area contributed by atoms with Gasteiger partial charge in [-0.15, -0.1) is 0 Å². The molecule has 0 heterocycles. The fraction of sp³-hybridized carbons (Fsp3) is 1.00. The van der Waals surface area contributed by atoms with Gasteiger partial charge in [0.25, 0.3) is 0 Å². The first kappa shape index (κ1) is 6.62. The number of hydrogen-bond acceptors (Lipinski definition) is 2. The molecule has 0 aliphatic heterocycles. The quantitative estimate of drug-likeness (QED) is 0.518. The lowest BCUT2D eigenvalue weighted by molar-refractivity contribution is -0.0413. The van der Waals surface area contributed by atoms with Crippen LogP contribution in [0.1, 0.15) is 26.2 Å². The molecule has 0 amide bonds. The van der Waals surface area contributed by atoms with Crippen LogP contribution >= 0.6 is 0 Å². The van der Waals surface area contributed by atoms with E-state index in [2.05, 4.69) is 0 Å². The molecule has 2 atom stereocenters. The Morgan fingerprint density at radius 1 is 1.20 bits per heavy atom. The standard InChI is InChI=1S/C8H14O2/c1-8-4-5(2-6(8)9)3-7(8)10/h5-7,9-10H,2-4H2,1H3. The molecule has 2 saturated carbocycles. The average Bonchev–Trinajstić information content (AvgIpc) is 2.20. The molecule has 0 saturated heterocycles. The minimum atomic E-state index is -0.249. The second-order valence-electron chi connectivity index (χ2n) is 4.08. The summed E-state index contributed by atoms with van der Waals surface area (Å²) in [5, 5.41) is 19.0. The van der Waals surface area contributed by atoms with Crippen molar-refractivity contribution in [2.24, 2.45) is 11.3 Å². The molecule has 2 unspecified atom stereocenters. The first-order chi connectivity index (χ1) is 4.63. The highest BCUT2D eigenvalue weighted by atomic mass is 16.3. The molecule has 0 radical (unpaired) electrons. The van der Waals surface area contributed by atoms with E-state index in [-0.39, 0.29) is 17.6 Å². The minimum Gasteiger partial charge on any atom is -0.392 e. The molecule has 2 nitrogen and oxygen atoms in total. The summed E-state index contributed by atoms with van der Waals surface area (Å²) in [6.07, 6.45) is 2.35. The maximum Gasteiger partial charge on any atom is 0.0621 e. The van der Waals surface area contributed by atoms with Crippen LogP contribution in [0.4, 0.5) is 0 Å². The first-order valence-electron chi connectivity index (χ1n) is 3.99. The number of hydrogen-bond donors (Lipinski definition) is 2. The molecule has 2 N–H and O–H groups in total. The van der Waals surface area contributed by atoms with Gasteiger partial charge in [-0.3, -0.25) is 0 Å². The molecular weight excluding hydrogens is 128 g/mol. The largest absolute Gasteiger partial charge is 0.392 e. The van der Waals surface area contributed by atoms with Crippen LogP contribution in [0.2, 0.25) is 0 Å². The maximum absolute atomic E-state index is 9.49. The highest BCUT2D eigenvalue weighted by Crippen LogP contribution is 2.53. The van der Waals surface area contributed by atoms with Crippen LogP contribution in [-0.2, 0) is 0 Å². The molecule has 10 heavy (non-hydrogen) atoms. The summed E-state index contributed by atoms with van der Waals surface area (Å²) in [7, 11) is 0. The molecule has 2 aliphatic carbocycles. The summed E-state index contributed by atoms with van der Waals surface area (Å²) in [4.78, 5) is 0. The molecule has 2 heteroatoms. The van der Waals surface area contributed by atoms with E-state index >= 15 is 0 Å². The SMILES string of the molecule is CC12CC(CC1O)CC2O. The molecule has 2 rings (SSSR count). The average molecular weight is 142 g/mol. The summed E-state index contributed by atoms with van der Waals surface area (Å²) in [5.74, 6) is 0.593. The Hall–Kier alpha value is -0.0800. The summed E-state index contributed by atoms with van der Waals surface area (Å²) < 4.78 is 0. The van der Waals surface area contributed by atoms with Gasteiger partial charge in [-0.25, -0.2) is 0 Å². The van der Waals surface area contributed by atoms with Crippen LogP contribution < -0.4 is 0 Å². The summed E-state index contributed by atoms with van der Waals surface area (Å²) >= 11 is 0. The third-order valence-corrected chi connectivity index (χ3v) is 3.36. The van der Waals surface area contributed by atoms with Crippen molar-refractivity contribution in [1.82, 2.24) is 0 Å². The minimum absolute atomic E-state index is 0.162. The van der Waals surface area contributed by atoms with Crippen molar-refractivity contribution in [1.29, 1.82) is 0 Å². The second-order valence-corrected chi connectivity index (χ2v) is 4.08. The lowest BCUT2D eigenvalue weighted by Crippen LogP contribution is -2.38. The van der Waals surface area contributed by atoms with Crippen LogP contribution in [0.25, 0.3) is 0 Å². The van der Waals surface area contributed by atoms with Gasteiger partial charge in [0.2, 0.25) is 0 Å². The van der Waals surface area contributed by atoms with Crippen LogP contribution in [0.5, 0.6) is 0 Å². The zero-order valence-electron chi connectivity index (χ0n) is 6.25.